The molecule has 0 spiro atoms. The molecule has 0 saturated carbocycles. The first-order chi connectivity index (χ1) is 13.3. The molecular formula is C22H28FN5. The van der Waals surface area contributed by atoms with Crippen LogP contribution in [0.2, 0.25) is 0 Å². The van der Waals surface area contributed by atoms with E-state index >= 15 is 0 Å². The fraction of sp³-hybridized carbons (Fsp3) is 0.409. The Kier molecular flexibility index (Phi) is 4.65. The van der Waals surface area contributed by atoms with Crippen LogP contribution in [0.15, 0.2) is 35.6 Å². The van der Waals surface area contributed by atoms with Crippen LogP contribution in [0.1, 0.15) is 47.5 Å². The van der Waals surface area contributed by atoms with E-state index in [4.69, 9.17) is 0 Å². The van der Waals surface area contributed by atoms with E-state index in [0.717, 1.165) is 34.5 Å². The lowest BCUT2D eigenvalue weighted by Gasteiger charge is -2.17. The molecule has 0 aliphatic carbocycles. The summed E-state index contributed by atoms with van der Waals surface area (Å²) in [5.74, 6) is 1.34. The number of halogens is 1. The molecule has 1 N–H and O–H groups in total. The third-order valence-electron chi connectivity index (χ3n) is 5.23. The molecule has 0 fully saturated rings. The summed E-state index contributed by atoms with van der Waals surface area (Å²) in [6.07, 6.45) is 3.68. The lowest BCUT2D eigenvalue weighted by Crippen LogP contribution is -2.12. The SMILES string of the molecule is CC1=Nc2c(F)cc(-c3ccn4nc(NCC(C)C)ncc34)cc2C1C(C)C.[HH]. The fourth-order valence-corrected chi connectivity index (χ4v) is 3.96. The predicted molar refractivity (Wildman–Crippen MR) is 114 cm³/mol. The number of fused-ring (bicyclic) bond motifs is 2. The van der Waals surface area contributed by atoms with E-state index in [1.807, 2.05) is 19.2 Å². The largest absolute Gasteiger partial charge is 0.353 e. The van der Waals surface area contributed by atoms with Gasteiger partial charge in [-0.2, -0.15) is 0 Å². The van der Waals surface area contributed by atoms with Crippen molar-refractivity contribution in [3.8, 4) is 11.1 Å². The maximum atomic E-state index is 14.8. The highest BCUT2D eigenvalue weighted by Gasteiger charge is 2.30. The van der Waals surface area contributed by atoms with Gasteiger partial charge < -0.3 is 5.32 Å². The van der Waals surface area contributed by atoms with Crippen LogP contribution < -0.4 is 5.32 Å². The van der Waals surface area contributed by atoms with Gasteiger partial charge in [-0.1, -0.05) is 27.7 Å². The summed E-state index contributed by atoms with van der Waals surface area (Å²) in [4.78, 5) is 8.92. The Morgan fingerprint density at radius 3 is 2.75 bits per heavy atom. The van der Waals surface area contributed by atoms with Crippen molar-refractivity contribution in [3.05, 3.63) is 42.0 Å². The molecule has 1 aliphatic rings. The summed E-state index contributed by atoms with van der Waals surface area (Å²) in [7, 11) is 0. The summed E-state index contributed by atoms with van der Waals surface area (Å²) in [6, 6.07) is 5.60. The zero-order chi connectivity index (χ0) is 20.0. The minimum atomic E-state index is -0.273. The molecule has 6 heteroatoms. The molecule has 4 rings (SSSR count). The van der Waals surface area contributed by atoms with E-state index in [-0.39, 0.29) is 13.2 Å². The average molecular weight is 381 g/mol. The maximum absolute atomic E-state index is 14.8. The van der Waals surface area contributed by atoms with Gasteiger partial charge in [0.05, 0.1) is 11.7 Å². The van der Waals surface area contributed by atoms with E-state index in [1.54, 1.807) is 16.8 Å². The molecule has 5 nitrogen and oxygen atoms in total. The number of aromatic nitrogens is 3. The van der Waals surface area contributed by atoms with Crippen LogP contribution in [-0.4, -0.2) is 26.9 Å². The minimum Gasteiger partial charge on any atom is -0.353 e. The third kappa shape index (κ3) is 3.17. The number of nitrogens with zero attached hydrogens (tertiary/aromatic N) is 4. The second-order valence-electron chi connectivity index (χ2n) is 8.29. The average Bonchev–Trinajstić information content (AvgIpc) is 3.20. The lowest BCUT2D eigenvalue weighted by molar-refractivity contribution is 0.601. The summed E-state index contributed by atoms with van der Waals surface area (Å²) in [6.45, 7) is 11.4. The van der Waals surface area contributed by atoms with Gasteiger partial charge in [0.2, 0.25) is 5.95 Å². The van der Waals surface area contributed by atoms with Gasteiger partial charge in [-0.3, -0.25) is 4.99 Å². The molecule has 1 aromatic carbocycles. The Balaban J connectivity index is 0.00000240. The molecule has 0 radical (unpaired) electrons. The minimum absolute atomic E-state index is 0. The molecule has 0 bridgehead atoms. The van der Waals surface area contributed by atoms with Gasteiger partial charge in [0.1, 0.15) is 11.5 Å². The number of aliphatic imine (C=N–C) groups is 1. The molecule has 1 unspecified atom stereocenters. The second kappa shape index (κ2) is 7.00. The number of hydrogen-bond donors (Lipinski definition) is 1. The van der Waals surface area contributed by atoms with Gasteiger partial charge in [-0.25, -0.2) is 13.9 Å². The van der Waals surface area contributed by atoms with Gasteiger partial charge in [-0.05, 0) is 48.1 Å². The van der Waals surface area contributed by atoms with E-state index in [1.165, 1.54) is 0 Å². The topological polar surface area (TPSA) is 54.6 Å². The number of rotatable bonds is 5. The first kappa shape index (κ1) is 18.6. The van der Waals surface area contributed by atoms with Crippen LogP contribution in [0.5, 0.6) is 0 Å². The van der Waals surface area contributed by atoms with Crippen molar-refractivity contribution in [2.45, 2.75) is 40.5 Å². The summed E-state index contributed by atoms with van der Waals surface area (Å²) < 4.78 is 16.6. The normalized spacial score (nSPS) is 16.1. The molecule has 3 heterocycles. The molecule has 28 heavy (non-hydrogen) atoms. The fourth-order valence-electron chi connectivity index (χ4n) is 3.96. The summed E-state index contributed by atoms with van der Waals surface area (Å²) >= 11 is 0. The van der Waals surface area contributed by atoms with Gasteiger partial charge >= 0.3 is 0 Å². The van der Waals surface area contributed by atoms with Crippen LogP contribution in [0.4, 0.5) is 16.0 Å². The van der Waals surface area contributed by atoms with Crippen molar-refractivity contribution in [1.29, 1.82) is 0 Å². The quantitative estimate of drug-likeness (QED) is 0.617. The molecule has 3 aromatic rings. The number of nitrogens with one attached hydrogen (secondary N) is 1. The van der Waals surface area contributed by atoms with Crippen LogP contribution in [0.25, 0.3) is 16.6 Å². The summed E-state index contributed by atoms with van der Waals surface area (Å²) in [5.41, 5.74) is 5.04. The van der Waals surface area contributed by atoms with Crippen LogP contribution in [0, 0.1) is 17.7 Å². The number of benzene rings is 1. The monoisotopic (exact) mass is 381 g/mol. The van der Waals surface area contributed by atoms with Crippen molar-refractivity contribution in [2.24, 2.45) is 16.8 Å². The van der Waals surface area contributed by atoms with Crippen LogP contribution in [0.3, 0.4) is 0 Å². The van der Waals surface area contributed by atoms with Gasteiger partial charge in [-0.15, -0.1) is 5.10 Å². The Morgan fingerprint density at radius 2 is 2.04 bits per heavy atom. The highest BCUT2D eigenvalue weighted by atomic mass is 19.1. The zero-order valence-corrected chi connectivity index (χ0v) is 17.0. The van der Waals surface area contributed by atoms with Gasteiger partial charge in [0, 0.05) is 31.4 Å². The number of hydrogen-bond acceptors (Lipinski definition) is 4. The third-order valence-corrected chi connectivity index (χ3v) is 5.23. The Morgan fingerprint density at radius 1 is 1.25 bits per heavy atom. The Labute approximate surface area is 166 Å². The summed E-state index contributed by atoms with van der Waals surface area (Å²) in [5, 5.41) is 7.75. The first-order valence-electron chi connectivity index (χ1n) is 9.82. The molecule has 2 aromatic heterocycles. The second-order valence-corrected chi connectivity index (χ2v) is 8.29. The Bertz CT molecular complexity index is 1070. The molecule has 0 saturated heterocycles. The molecule has 1 aliphatic heterocycles. The number of anilines is 1. The van der Waals surface area contributed by atoms with Crippen molar-refractivity contribution in [2.75, 3.05) is 11.9 Å². The first-order valence-corrected chi connectivity index (χ1v) is 9.82. The highest BCUT2D eigenvalue weighted by Crippen LogP contribution is 2.43. The smallest absolute Gasteiger partial charge is 0.241 e. The van der Waals surface area contributed by atoms with E-state index in [2.05, 4.69) is 54.2 Å². The van der Waals surface area contributed by atoms with Crippen LogP contribution >= 0.6 is 0 Å². The predicted octanol–water partition coefficient (Wildman–Crippen LogP) is 5.69. The molecular weight excluding hydrogens is 353 g/mol. The van der Waals surface area contributed by atoms with Gasteiger partial charge in [0.25, 0.3) is 0 Å². The lowest BCUT2D eigenvalue weighted by atomic mass is 9.85. The van der Waals surface area contributed by atoms with Gasteiger partial charge in [0.15, 0.2) is 0 Å². The molecule has 0 amide bonds. The van der Waals surface area contributed by atoms with Crippen molar-refractivity contribution >= 4 is 22.9 Å². The van der Waals surface area contributed by atoms with Crippen LogP contribution in [-0.2, 0) is 0 Å². The maximum Gasteiger partial charge on any atom is 0.241 e. The Hall–Kier alpha value is -2.76. The zero-order valence-electron chi connectivity index (χ0n) is 17.0. The van der Waals surface area contributed by atoms with Crippen molar-refractivity contribution in [3.63, 3.8) is 0 Å². The van der Waals surface area contributed by atoms with E-state index < -0.39 is 0 Å². The van der Waals surface area contributed by atoms with Crippen molar-refractivity contribution < 1.29 is 5.82 Å². The van der Waals surface area contributed by atoms with E-state index in [9.17, 15) is 4.39 Å². The standard InChI is InChI=1S/C22H26FN5.H2/c1-12(2)10-24-22-25-11-19-16(6-7-28(19)27-22)15-8-17-20(13(3)4)14(5)26-21(17)18(23)9-15;/h6-9,11-13,20H,10H2,1-5H3,(H,24,27);1H. The molecule has 148 valence electrons. The van der Waals surface area contributed by atoms with Crippen molar-refractivity contribution in [1.82, 2.24) is 14.6 Å². The van der Waals surface area contributed by atoms with E-state index in [0.29, 0.717) is 23.5 Å². The molecule has 1 atom stereocenters. The highest BCUT2D eigenvalue weighted by molar-refractivity contribution is 5.97.